The van der Waals surface area contributed by atoms with Crippen LogP contribution in [0.3, 0.4) is 0 Å². The largest absolute Gasteiger partial charge is 0.491 e. The molecule has 1 aromatic rings. The summed E-state index contributed by atoms with van der Waals surface area (Å²) in [7, 11) is 0. The van der Waals surface area contributed by atoms with Crippen LogP contribution in [0, 0.1) is 6.92 Å². The second-order valence-corrected chi connectivity index (χ2v) is 5.97. The Labute approximate surface area is 132 Å². The Kier molecular flexibility index (Phi) is 6.52. The first-order valence-corrected chi connectivity index (χ1v) is 8.05. The maximum Gasteiger partial charge on any atom is 0.315 e. The molecule has 0 heterocycles. The fourth-order valence-corrected chi connectivity index (χ4v) is 2.65. The van der Waals surface area contributed by atoms with E-state index >= 15 is 0 Å². The number of aliphatic hydroxyl groups excluding tert-OH is 1. The summed E-state index contributed by atoms with van der Waals surface area (Å²) < 4.78 is 5.51. The molecule has 0 aliphatic heterocycles. The molecule has 0 bridgehead atoms. The minimum Gasteiger partial charge on any atom is -0.491 e. The molecule has 1 aromatic carbocycles. The van der Waals surface area contributed by atoms with Gasteiger partial charge in [-0.05, 0) is 37.5 Å². The first-order valence-electron chi connectivity index (χ1n) is 8.05. The van der Waals surface area contributed by atoms with E-state index in [1.165, 1.54) is 19.3 Å². The maximum atomic E-state index is 11.8. The van der Waals surface area contributed by atoms with Gasteiger partial charge >= 0.3 is 6.03 Å². The van der Waals surface area contributed by atoms with Gasteiger partial charge in [-0.3, -0.25) is 0 Å². The van der Waals surface area contributed by atoms with Crippen LogP contribution in [0.25, 0.3) is 0 Å². The van der Waals surface area contributed by atoms with E-state index in [0.717, 1.165) is 24.2 Å². The lowest BCUT2D eigenvalue weighted by Gasteiger charge is -2.23. The summed E-state index contributed by atoms with van der Waals surface area (Å²) in [6.45, 7) is 2.33. The number of rotatable bonds is 6. The lowest BCUT2D eigenvalue weighted by atomic mass is 9.96. The molecule has 1 unspecified atom stereocenters. The fourth-order valence-electron chi connectivity index (χ4n) is 2.65. The summed E-state index contributed by atoms with van der Waals surface area (Å²) in [5, 5.41) is 15.5. The van der Waals surface area contributed by atoms with Crippen LogP contribution >= 0.6 is 0 Å². The Bertz CT molecular complexity index is 473. The van der Waals surface area contributed by atoms with Crippen molar-refractivity contribution >= 4 is 6.03 Å². The van der Waals surface area contributed by atoms with E-state index in [-0.39, 0.29) is 25.2 Å². The third-order valence-electron chi connectivity index (χ3n) is 3.87. The summed E-state index contributed by atoms with van der Waals surface area (Å²) in [6.07, 6.45) is 4.99. The smallest absolute Gasteiger partial charge is 0.315 e. The number of carbonyl (C=O) groups excluding carboxylic acids is 1. The molecule has 0 saturated heterocycles. The second-order valence-electron chi connectivity index (χ2n) is 5.97. The van der Waals surface area contributed by atoms with Crippen LogP contribution in [-0.2, 0) is 0 Å². The van der Waals surface area contributed by atoms with Gasteiger partial charge in [0.1, 0.15) is 18.5 Å². The van der Waals surface area contributed by atoms with Crippen LogP contribution in [0.5, 0.6) is 5.75 Å². The quantitative estimate of drug-likeness (QED) is 0.755. The Morgan fingerprint density at radius 2 is 2.14 bits per heavy atom. The van der Waals surface area contributed by atoms with Gasteiger partial charge in [0, 0.05) is 12.6 Å². The van der Waals surface area contributed by atoms with Gasteiger partial charge in [0.2, 0.25) is 0 Å². The van der Waals surface area contributed by atoms with Gasteiger partial charge in [0.25, 0.3) is 0 Å². The van der Waals surface area contributed by atoms with E-state index < -0.39 is 6.10 Å². The zero-order valence-corrected chi connectivity index (χ0v) is 13.2. The van der Waals surface area contributed by atoms with Gasteiger partial charge in [0.15, 0.2) is 0 Å². The molecule has 122 valence electrons. The molecular weight excluding hydrogens is 280 g/mol. The Hall–Kier alpha value is -1.75. The van der Waals surface area contributed by atoms with E-state index in [2.05, 4.69) is 10.6 Å². The number of ether oxygens (including phenoxy) is 1. The van der Waals surface area contributed by atoms with Crippen molar-refractivity contribution in [1.29, 1.82) is 0 Å². The highest BCUT2D eigenvalue weighted by Crippen LogP contribution is 2.17. The molecule has 0 aromatic heterocycles. The van der Waals surface area contributed by atoms with Crippen molar-refractivity contribution in [3.8, 4) is 5.75 Å². The van der Waals surface area contributed by atoms with E-state index in [1.54, 1.807) is 0 Å². The lowest BCUT2D eigenvalue weighted by Crippen LogP contribution is -2.45. The number of hydrogen-bond acceptors (Lipinski definition) is 3. The van der Waals surface area contributed by atoms with Gasteiger partial charge in [-0.25, -0.2) is 4.79 Å². The number of urea groups is 1. The zero-order chi connectivity index (χ0) is 15.8. The Morgan fingerprint density at radius 3 is 2.86 bits per heavy atom. The van der Waals surface area contributed by atoms with Gasteiger partial charge in [-0.15, -0.1) is 0 Å². The molecule has 1 aliphatic rings. The predicted molar refractivity (Wildman–Crippen MR) is 86.1 cm³/mol. The van der Waals surface area contributed by atoms with Crippen LogP contribution < -0.4 is 15.4 Å². The third kappa shape index (κ3) is 5.93. The highest BCUT2D eigenvalue weighted by Gasteiger charge is 2.16. The third-order valence-corrected chi connectivity index (χ3v) is 3.87. The summed E-state index contributed by atoms with van der Waals surface area (Å²) in [5.74, 6) is 0.728. The average molecular weight is 306 g/mol. The standard InChI is InChI=1S/C17H26N2O3/c1-13-6-5-9-16(10-13)22-12-15(20)11-18-17(21)19-14-7-3-2-4-8-14/h5-6,9-10,14-15,20H,2-4,7-8,11-12H2,1H3,(H2,18,19,21). The first-order chi connectivity index (χ1) is 10.6. The molecule has 2 amide bonds. The van der Waals surface area contributed by atoms with Crippen molar-refractivity contribution < 1.29 is 14.6 Å². The number of nitrogens with one attached hydrogen (secondary N) is 2. The summed E-state index contributed by atoms with van der Waals surface area (Å²) in [4.78, 5) is 11.8. The summed E-state index contributed by atoms with van der Waals surface area (Å²) in [6, 6.07) is 7.72. The van der Waals surface area contributed by atoms with Crippen LogP contribution in [0.2, 0.25) is 0 Å². The second kappa shape index (κ2) is 8.63. The number of amides is 2. The molecule has 1 fully saturated rings. The highest BCUT2D eigenvalue weighted by atomic mass is 16.5. The maximum absolute atomic E-state index is 11.8. The molecule has 22 heavy (non-hydrogen) atoms. The number of carbonyl (C=O) groups is 1. The molecule has 3 N–H and O–H groups in total. The minimum absolute atomic E-state index is 0.160. The molecular formula is C17H26N2O3. The van der Waals surface area contributed by atoms with Gasteiger partial charge in [-0.1, -0.05) is 31.4 Å². The summed E-state index contributed by atoms with van der Waals surface area (Å²) in [5.41, 5.74) is 1.11. The van der Waals surface area contributed by atoms with Crippen molar-refractivity contribution in [2.75, 3.05) is 13.2 Å². The van der Waals surface area contributed by atoms with E-state index in [9.17, 15) is 9.90 Å². The molecule has 1 aliphatic carbocycles. The van der Waals surface area contributed by atoms with Crippen LogP contribution in [-0.4, -0.2) is 36.4 Å². The molecule has 0 radical (unpaired) electrons. The monoisotopic (exact) mass is 306 g/mol. The van der Waals surface area contributed by atoms with Gasteiger partial charge in [0.05, 0.1) is 0 Å². The SMILES string of the molecule is Cc1cccc(OCC(O)CNC(=O)NC2CCCCC2)c1. The number of benzene rings is 1. The molecule has 1 atom stereocenters. The molecule has 1 saturated carbocycles. The normalized spacial score (nSPS) is 16.8. The number of hydrogen-bond donors (Lipinski definition) is 3. The van der Waals surface area contributed by atoms with Crippen molar-refractivity contribution in [1.82, 2.24) is 10.6 Å². The first kappa shape index (κ1) is 16.6. The van der Waals surface area contributed by atoms with Crippen molar-refractivity contribution in [3.05, 3.63) is 29.8 Å². The lowest BCUT2D eigenvalue weighted by molar-refractivity contribution is 0.107. The van der Waals surface area contributed by atoms with Crippen molar-refractivity contribution in [2.45, 2.75) is 51.2 Å². The zero-order valence-electron chi connectivity index (χ0n) is 13.2. The fraction of sp³-hybridized carbons (Fsp3) is 0.588. The van der Waals surface area contributed by atoms with E-state index in [0.29, 0.717) is 0 Å². The van der Waals surface area contributed by atoms with E-state index in [4.69, 9.17) is 4.74 Å². The van der Waals surface area contributed by atoms with Crippen LogP contribution in [0.4, 0.5) is 4.79 Å². The minimum atomic E-state index is -0.724. The molecule has 0 spiro atoms. The van der Waals surface area contributed by atoms with Gasteiger partial charge < -0.3 is 20.5 Å². The van der Waals surface area contributed by atoms with Crippen LogP contribution in [0.15, 0.2) is 24.3 Å². The van der Waals surface area contributed by atoms with Crippen LogP contribution in [0.1, 0.15) is 37.7 Å². The van der Waals surface area contributed by atoms with Gasteiger partial charge in [-0.2, -0.15) is 0 Å². The summed E-state index contributed by atoms with van der Waals surface area (Å²) >= 11 is 0. The predicted octanol–water partition coefficient (Wildman–Crippen LogP) is 2.37. The Morgan fingerprint density at radius 1 is 1.36 bits per heavy atom. The van der Waals surface area contributed by atoms with Crippen molar-refractivity contribution in [2.24, 2.45) is 0 Å². The van der Waals surface area contributed by atoms with Crippen molar-refractivity contribution in [3.63, 3.8) is 0 Å². The Balaban J connectivity index is 1.62. The molecule has 2 rings (SSSR count). The highest BCUT2D eigenvalue weighted by molar-refractivity contribution is 5.74. The number of aryl methyl sites for hydroxylation is 1. The molecule has 5 heteroatoms. The number of aliphatic hydroxyl groups is 1. The van der Waals surface area contributed by atoms with E-state index in [1.807, 2.05) is 31.2 Å². The average Bonchev–Trinajstić information content (AvgIpc) is 2.52. The topological polar surface area (TPSA) is 70.6 Å². The molecule has 5 nitrogen and oxygen atoms in total.